The van der Waals surface area contributed by atoms with Gasteiger partial charge in [0.05, 0.1) is 0 Å². The minimum atomic E-state index is -0.558. The predicted molar refractivity (Wildman–Crippen MR) is 103 cm³/mol. The van der Waals surface area contributed by atoms with Gasteiger partial charge >= 0.3 is 0 Å². The Morgan fingerprint density at radius 3 is 2.42 bits per heavy atom. The number of carbonyl (C=O) groups is 2. The summed E-state index contributed by atoms with van der Waals surface area (Å²) in [7, 11) is 0. The molecule has 0 saturated carbocycles. The molecule has 1 unspecified atom stereocenters. The molecule has 0 spiro atoms. The molecule has 2 aromatic rings. The largest absolute Gasteiger partial charge is 0.481 e. The van der Waals surface area contributed by atoms with Crippen molar-refractivity contribution in [3.8, 4) is 5.75 Å². The van der Waals surface area contributed by atoms with Crippen molar-refractivity contribution in [1.29, 1.82) is 0 Å². The highest BCUT2D eigenvalue weighted by Gasteiger charge is 2.22. The Hall–Kier alpha value is -2.82. The molecule has 0 aliphatic carbocycles. The summed E-state index contributed by atoms with van der Waals surface area (Å²) in [5.41, 5.74) is 2.70. The number of hydrogen-bond donors (Lipinski definition) is 1. The van der Waals surface area contributed by atoms with Gasteiger partial charge < -0.3 is 15.0 Å². The Morgan fingerprint density at radius 2 is 1.85 bits per heavy atom. The Kier molecular flexibility index (Phi) is 5.56. The normalized spacial score (nSPS) is 15.0. The van der Waals surface area contributed by atoms with Crippen molar-refractivity contribution in [3.05, 3.63) is 54.1 Å². The van der Waals surface area contributed by atoms with Gasteiger partial charge in [0.2, 0.25) is 5.91 Å². The summed E-state index contributed by atoms with van der Waals surface area (Å²) < 4.78 is 5.81. The third-order valence-electron chi connectivity index (χ3n) is 4.48. The lowest BCUT2D eigenvalue weighted by Gasteiger charge is -2.18. The maximum absolute atomic E-state index is 12.5. The molecular weight excluding hydrogens is 328 g/mol. The number of carbonyl (C=O) groups excluding carboxylic acids is 2. The van der Waals surface area contributed by atoms with Crippen LogP contribution in [0.1, 0.15) is 31.7 Å². The molecular formula is C21H24N2O3. The van der Waals surface area contributed by atoms with E-state index in [1.807, 2.05) is 62.4 Å². The van der Waals surface area contributed by atoms with E-state index in [-0.39, 0.29) is 11.8 Å². The molecule has 5 heteroatoms. The molecule has 1 aliphatic heterocycles. The van der Waals surface area contributed by atoms with E-state index in [9.17, 15) is 9.59 Å². The first-order valence-corrected chi connectivity index (χ1v) is 9.01. The lowest BCUT2D eigenvalue weighted by molar-refractivity contribution is -0.122. The minimum Gasteiger partial charge on any atom is -0.481 e. The van der Waals surface area contributed by atoms with Crippen LogP contribution < -0.4 is 15.0 Å². The topological polar surface area (TPSA) is 58.6 Å². The highest BCUT2D eigenvalue weighted by molar-refractivity contribution is 5.97. The van der Waals surface area contributed by atoms with E-state index in [0.29, 0.717) is 24.3 Å². The van der Waals surface area contributed by atoms with Crippen LogP contribution in [0.25, 0.3) is 0 Å². The van der Waals surface area contributed by atoms with Crippen molar-refractivity contribution in [2.45, 2.75) is 39.2 Å². The van der Waals surface area contributed by atoms with Crippen LogP contribution in [0.2, 0.25) is 0 Å². The van der Waals surface area contributed by atoms with Gasteiger partial charge in [0.1, 0.15) is 5.75 Å². The molecule has 0 radical (unpaired) electrons. The van der Waals surface area contributed by atoms with Gasteiger partial charge in [-0.05, 0) is 56.2 Å². The summed E-state index contributed by atoms with van der Waals surface area (Å²) in [5.74, 6) is 0.651. The van der Waals surface area contributed by atoms with E-state index in [1.165, 1.54) is 0 Å². The summed E-state index contributed by atoms with van der Waals surface area (Å²) in [4.78, 5) is 26.1. The molecule has 1 saturated heterocycles. The molecule has 0 aromatic heterocycles. The third-order valence-corrected chi connectivity index (χ3v) is 4.48. The lowest BCUT2D eigenvalue weighted by atomic mass is 10.2. The fourth-order valence-electron chi connectivity index (χ4n) is 2.97. The maximum Gasteiger partial charge on any atom is 0.265 e. The van der Waals surface area contributed by atoms with Crippen LogP contribution in [0.3, 0.4) is 0 Å². The molecule has 5 nitrogen and oxygen atoms in total. The summed E-state index contributed by atoms with van der Waals surface area (Å²) in [5, 5.41) is 2.89. The van der Waals surface area contributed by atoms with E-state index in [0.717, 1.165) is 24.2 Å². The summed E-state index contributed by atoms with van der Waals surface area (Å²) in [6.07, 6.45) is 1.51. The molecule has 3 rings (SSSR count). The number of ether oxygens (including phenoxy) is 1. The fraction of sp³-hybridized carbons (Fsp3) is 0.333. The number of rotatable bonds is 6. The quantitative estimate of drug-likeness (QED) is 0.857. The average Bonchev–Trinajstić information content (AvgIpc) is 3.07. The van der Waals surface area contributed by atoms with Crippen LogP contribution in [0.15, 0.2) is 48.5 Å². The number of benzene rings is 2. The molecule has 1 aliphatic rings. The van der Waals surface area contributed by atoms with Crippen molar-refractivity contribution in [2.24, 2.45) is 0 Å². The Balaban J connectivity index is 1.62. The number of nitrogens with zero attached hydrogens (tertiary/aromatic N) is 1. The third kappa shape index (κ3) is 4.23. The molecule has 2 amide bonds. The zero-order valence-electron chi connectivity index (χ0n) is 15.2. The van der Waals surface area contributed by atoms with E-state index in [1.54, 1.807) is 4.90 Å². The van der Waals surface area contributed by atoms with Gasteiger partial charge in [-0.25, -0.2) is 0 Å². The van der Waals surface area contributed by atoms with Crippen LogP contribution in [0, 0.1) is 6.92 Å². The van der Waals surface area contributed by atoms with E-state index < -0.39 is 6.10 Å². The number of nitrogens with one attached hydrogen (secondary N) is 1. The monoisotopic (exact) mass is 352 g/mol. The second-order valence-electron chi connectivity index (χ2n) is 6.51. The zero-order chi connectivity index (χ0) is 18.5. The minimum absolute atomic E-state index is 0.152. The van der Waals surface area contributed by atoms with Crippen molar-refractivity contribution >= 4 is 23.2 Å². The van der Waals surface area contributed by atoms with Crippen LogP contribution in [-0.2, 0) is 9.59 Å². The van der Waals surface area contributed by atoms with E-state index >= 15 is 0 Å². The molecule has 136 valence electrons. The predicted octanol–water partition coefficient (Wildman–Crippen LogP) is 3.92. The van der Waals surface area contributed by atoms with Crippen molar-refractivity contribution in [1.82, 2.24) is 0 Å². The summed E-state index contributed by atoms with van der Waals surface area (Å²) >= 11 is 0. The van der Waals surface area contributed by atoms with Gasteiger partial charge in [-0.15, -0.1) is 0 Å². The first kappa shape index (κ1) is 18.0. The van der Waals surface area contributed by atoms with E-state index in [2.05, 4.69) is 5.32 Å². The van der Waals surface area contributed by atoms with Gasteiger partial charge in [0.15, 0.2) is 6.10 Å². The van der Waals surface area contributed by atoms with Crippen molar-refractivity contribution < 1.29 is 14.3 Å². The first-order chi connectivity index (χ1) is 12.6. The van der Waals surface area contributed by atoms with Crippen LogP contribution >= 0.6 is 0 Å². The summed E-state index contributed by atoms with van der Waals surface area (Å²) in [6, 6.07) is 15.0. The molecule has 2 aromatic carbocycles. The number of aryl methyl sites for hydroxylation is 1. The smallest absolute Gasteiger partial charge is 0.265 e. The fourth-order valence-corrected chi connectivity index (χ4v) is 2.97. The highest BCUT2D eigenvalue weighted by Crippen LogP contribution is 2.23. The Bertz CT molecular complexity index is 769. The van der Waals surface area contributed by atoms with Gasteiger partial charge in [-0.3, -0.25) is 9.59 Å². The molecule has 26 heavy (non-hydrogen) atoms. The number of amides is 2. The average molecular weight is 352 g/mol. The van der Waals surface area contributed by atoms with Crippen LogP contribution in [-0.4, -0.2) is 24.5 Å². The van der Waals surface area contributed by atoms with E-state index in [4.69, 9.17) is 4.74 Å². The molecule has 1 N–H and O–H groups in total. The maximum atomic E-state index is 12.5. The van der Waals surface area contributed by atoms with Crippen molar-refractivity contribution in [3.63, 3.8) is 0 Å². The van der Waals surface area contributed by atoms with Gasteiger partial charge in [0.25, 0.3) is 5.91 Å². The summed E-state index contributed by atoms with van der Waals surface area (Å²) in [6.45, 7) is 4.68. The lowest BCUT2D eigenvalue weighted by Crippen LogP contribution is -2.32. The number of anilines is 2. The van der Waals surface area contributed by atoms with Crippen molar-refractivity contribution in [2.75, 3.05) is 16.8 Å². The van der Waals surface area contributed by atoms with Crippen LogP contribution in [0.5, 0.6) is 5.75 Å². The van der Waals surface area contributed by atoms with Gasteiger partial charge in [-0.2, -0.15) is 0 Å². The second kappa shape index (κ2) is 8.04. The van der Waals surface area contributed by atoms with Gasteiger partial charge in [-0.1, -0.05) is 24.6 Å². The first-order valence-electron chi connectivity index (χ1n) is 9.01. The Morgan fingerprint density at radius 1 is 1.15 bits per heavy atom. The SMILES string of the molecule is CCC(Oc1ccc(C)cc1)C(=O)Nc1ccc(N2CCCC2=O)cc1. The molecule has 1 atom stereocenters. The molecule has 1 fully saturated rings. The molecule has 0 bridgehead atoms. The highest BCUT2D eigenvalue weighted by atomic mass is 16.5. The Labute approximate surface area is 154 Å². The second-order valence-corrected chi connectivity index (χ2v) is 6.51. The zero-order valence-corrected chi connectivity index (χ0v) is 15.2. The van der Waals surface area contributed by atoms with Crippen LogP contribution in [0.4, 0.5) is 11.4 Å². The van der Waals surface area contributed by atoms with Gasteiger partial charge in [0, 0.05) is 24.3 Å². The number of hydrogen-bond acceptors (Lipinski definition) is 3. The standard InChI is InChI=1S/C21H24N2O3/c1-3-19(26-18-12-6-15(2)7-13-18)21(25)22-16-8-10-17(11-9-16)23-14-4-5-20(23)24/h6-13,19H,3-5,14H2,1-2H3,(H,22,25). The molecule has 1 heterocycles.